The Morgan fingerprint density at radius 1 is 1.25 bits per heavy atom. The van der Waals surface area contributed by atoms with Crippen LogP contribution in [-0.4, -0.2) is 12.6 Å². The fourth-order valence-corrected chi connectivity index (χ4v) is 2.06. The number of carbonyl (C=O) groups is 1. The monoisotopic (exact) mass is 228 g/mol. The molecule has 0 amide bonds. The molecule has 0 N–H and O–H groups in total. The van der Waals surface area contributed by atoms with Crippen molar-refractivity contribution in [3.63, 3.8) is 0 Å². The van der Waals surface area contributed by atoms with Crippen molar-refractivity contribution < 1.29 is 9.53 Å². The topological polar surface area (TPSA) is 26.3 Å². The van der Waals surface area contributed by atoms with Gasteiger partial charge in [0.05, 0.1) is 12.0 Å². The fourth-order valence-electron chi connectivity index (χ4n) is 2.06. The van der Waals surface area contributed by atoms with Gasteiger partial charge in [-0.2, -0.15) is 0 Å². The maximum Gasteiger partial charge on any atom is 0.312 e. The lowest BCUT2D eigenvalue weighted by Crippen LogP contribution is -2.24. The van der Waals surface area contributed by atoms with Crippen molar-refractivity contribution in [1.82, 2.24) is 0 Å². The summed E-state index contributed by atoms with van der Waals surface area (Å²) in [5, 5.41) is 0. The maximum atomic E-state index is 11.1. The van der Waals surface area contributed by atoms with Gasteiger partial charge in [-0.05, 0) is 25.2 Å². The van der Waals surface area contributed by atoms with Crippen LogP contribution in [0, 0.1) is 11.3 Å². The lowest BCUT2D eigenvalue weighted by molar-refractivity contribution is -0.146. The Balaban J connectivity index is 0.000000325. The highest BCUT2D eigenvalue weighted by Gasteiger charge is 2.40. The van der Waals surface area contributed by atoms with Crippen LogP contribution in [0.15, 0.2) is 0 Å². The highest BCUT2D eigenvalue weighted by Crippen LogP contribution is 2.36. The SMILES string of the molecule is CCC1(CC)CCOC1=O.CCCC(C)C. The molecule has 0 saturated carbocycles. The molecular formula is C14H28O2. The van der Waals surface area contributed by atoms with Gasteiger partial charge in [-0.3, -0.25) is 4.79 Å². The Labute approximate surface area is 101 Å². The first-order valence-electron chi connectivity index (χ1n) is 6.69. The maximum absolute atomic E-state index is 11.1. The summed E-state index contributed by atoms with van der Waals surface area (Å²) in [7, 11) is 0. The lowest BCUT2D eigenvalue weighted by atomic mass is 9.81. The van der Waals surface area contributed by atoms with E-state index in [1.54, 1.807) is 0 Å². The molecule has 0 aliphatic carbocycles. The molecular weight excluding hydrogens is 200 g/mol. The van der Waals surface area contributed by atoms with Crippen LogP contribution in [0.4, 0.5) is 0 Å². The van der Waals surface area contributed by atoms with Crippen molar-refractivity contribution in [3.8, 4) is 0 Å². The minimum Gasteiger partial charge on any atom is -0.465 e. The first-order valence-corrected chi connectivity index (χ1v) is 6.69. The second-order valence-electron chi connectivity index (χ2n) is 5.06. The number of ether oxygens (including phenoxy) is 1. The lowest BCUT2D eigenvalue weighted by Gasteiger charge is -2.19. The van der Waals surface area contributed by atoms with Gasteiger partial charge in [0.1, 0.15) is 0 Å². The molecule has 0 spiro atoms. The summed E-state index contributed by atoms with van der Waals surface area (Å²) in [6, 6.07) is 0. The molecule has 0 atom stereocenters. The molecule has 1 fully saturated rings. The molecule has 1 rings (SSSR count). The minimum absolute atomic E-state index is 0.0116. The Hall–Kier alpha value is -0.530. The molecule has 0 unspecified atom stereocenters. The summed E-state index contributed by atoms with van der Waals surface area (Å²) in [6.45, 7) is 11.5. The number of carbonyl (C=O) groups excluding carboxylic acids is 1. The van der Waals surface area contributed by atoms with Crippen LogP contribution in [0.2, 0.25) is 0 Å². The van der Waals surface area contributed by atoms with E-state index in [-0.39, 0.29) is 11.4 Å². The third-order valence-corrected chi connectivity index (χ3v) is 3.47. The largest absolute Gasteiger partial charge is 0.465 e. The van der Waals surface area contributed by atoms with Gasteiger partial charge in [0.25, 0.3) is 0 Å². The normalized spacial score (nSPS) is 18.0. The van der Waals surface area contributed by atoms with Crippen molar-refractivity contribution in [1.29, 1.82) is 0 Å². The van der Waals surface area contributed by atoms with Crippen LogP contribution in [0.1, 0.15) is 66.7 Å². The highest BCUT2D eigenvalue weighted by atomic mass is 16.5. The van der Waals surface area contributed by atoms with Gasteiger partial charge in [0, 0.05) is 0 Å². The van der Waals surface area contributed by atoms with Gasteiger partial charge in [0.2, 0.25) is 0 Å². The van der Waals surface area contributed by atoms with Gasteiger partial charge < -0.3 is 4.74 Å². The summed E-state index contributed by atoms with van der Waals surface area (Å²) < 4.78 is 4.91. The zero-order chi connectivity index (χ0) is 12.6. The van der Waals surface area contributed by atoms with Crippen LogP contribution < -0.4 is 0 Å². The van der Waals surface area contributed by atoms with Gasteiger partial charge in [-0.25, -0.2) is 0 Å². The van der Waals surface area contributed by atoms with E-state index in [1.807, 2.05) is 0 Å². The number of cyclic esters (lactones) is 1. The molecule has 1 saturated heterocycles. The van der Waals surface area contributed by atoms with Crippen molar-refractivity contribution in [2.75, 3.05) is 6.61 Å². The van der Waals surface area contributed by atoms with E-state index >= 15 is 0 Å². The van der Waals surface area contributed by atoms with E-state index in [1.165, 1.54) is 12.8 Å². The number of esters is 1. The summed E-state index contributed by atoms with van der Waals surface area (Å²) in [5.74, 6) is 0.910. The minimum atomic E-state index is -0.125. The Morgan fingerprint density at radius 3 is 1.94 bits per heavy atom. The number of hydrogen-bond donors (Lipinski definition) is 0. The molecule has 1 aliphatic heterocycles. The van der Waals surface area contributed by atoms with Gasteiger partial charge in [0.15, 0.2) is 0 Å². The van der Waals surface area contributed by atoms with Gasteiger partial charge in [-0.1, -0.05) is 47.5 Å². The summed E-state index contributed by atoms with van der Waals surface area (Å²) >= 11 is 0. The molecule has 0 bridgehead atoms. The van der Waals surface area contributed by atoms with E-state index in [2.05, 4.69) is 34.6 Å². The van der Waals surface area contributed by atoms with Crippen LogP contribution in [0.5, 0.6) is 0 Å². The van der Waals surface area contributed by atoms with Crippen molar-refractivity contribution >= 4 is 5.97 Å². The third kappa shape index (κ3) is 4.54. The smallest absolute Gasteiger partial charge is 0.312 e. The average Bonchev–Trinajstić information content (AvgIpc) is 2.61. The first-order chi connectivity index (χ1) is 7.52. The van der Waals surface area contributed by atoms with Crippen LogP contribution in [-0.2, 0) is 9.53 Å². The highest BCUT2D eigenvalue weighted by molar-refractivity contribution is 5.78. The second kappa shape index (κ2) is 7.70. The van der Waals surface area contributed by atoms with E-state index in [4.69, 9.17) is 4.74 Å². The fraction of sp³-hybridized carbons (Fsp3) is 0.929. The summed E-state index contributed by atoms with van der Waals surface area (Å²) in [6.07, 6.45) is 5.46. The van der Waals surface area contributed by atoms with Crippen molar-refractivity contribution in [2.24, 2.45) is 11.3 Å². The molecule has 0 aromatic rings. The molecule has 2 heteroatoms. The van der Waals surface area contributed by atoms with Crippen LogP contribution in [0.25, 0.3) is 0 Å². The predicted molar refractivity (Wildman–Crippen MR) is 68.3 cm³/mol. The summed E-state index contributed by atoms with van der Waals surface area (Å²) in [5.41, 5.74) is -0.125. The van der Waals surface area contributed by atoms with Gasteiger partial charge >= 0.3 is 5.97 Å². The summed E-state index contributed by atoms with van der Waals surface area (Å²) in [4.78, 5) is 11.1. The Kier molecular flexibility index (Phi) is 7.44. The second-order valence-corrected chi connectivity index (χ2v) is 5.06. The standard InChI is InChI=1S/C8H14O2.C6H14/c1-3-8(4-2)5-6-10-7(8)9;1-4-5-6(2)3/h3-6H2,1-2H3;6H,4-5H2,1-3H3. The third-order valence-electron chi connectivity index (χ3n) is 3.47. The quantitative estimate of drug-likeness (QED) is 0.675. The zero-order valence-corrected chi connectivity index (χ0v) is 11.6. The van der Waals surface area contributed by atoms with E-state index in [0.29, 0.717) is 6.61 Å². The van der Waals surface area contributed by atoms with Gasteiger partial charge in [-0.15, -0.1) is 0 Å². The molecule has 0 aromatic carbocycles. The first kappa shape index (κ1) is 15.5. The van der Waals surface area contributed by atoms with E-state index in [9.17, 15) is 4.79 Å². The molecule has 1 aliphatic rings. The van der Waals surface area contributed by atoms with Crippen LogP contribution in [0.3, 0.4) is 0 Å². The zero-order valence-electron chi connectivity index (χ0n) is 11.6. The van der Waals surface area contributed by atoms with E-state index < -0.39 is 0 Å². The van der Waals surface area contributed by atoms with Crippen LogP contribution >= 0.6 is 0 Å². The predicted octanol–water partition coefficient (Wildman–Crippen LogP) is 4.18. The Bertz CT molecular complexity index is 193. The van der Waals surface area contributed by atoms with Crippen molar-refractivity contribution in [3.05, 3.63) is 0 Å². The molecule has 16 heavy (non-hydrogen) atoms. The Morgan fingerprint density at radius 2 is 1.81 bits per heavy atom. The molecule has 96 valence electrons. The molecule has 2 nitrogen and oxygen atoms in total. The number of rotatable bonds is 4. The molecule has 0 radical (unpaired) electrons. The molecule has 0 aromatic heterocycles. The average molecular weight is 228 g/mol. The van der Waals surface area contributed by atoms with Crippen molar-refractivity contribution in [2.45, 2.75) is 66.7 Å². The number of hydrogen-bond acceptors (Lipinski definition) is 2. The molecule has 1 heterocycles. The van der Waals surface area contributed by atoms with E-state index in [0.717, 1.165) is 25.2 Å².